The lowest BCUT2D eigenvalue weighted by atomic mass is 10.0. The number of pyridine rings is 2. The van der Waals surface area contributed by atoms with Crippen molar-refractivity contribution in [3.8, 4) is 11.3 Å². The highest BCUT2D eigenvalue weighted by molar-refractivity contribution is 5.94. The van der Waals surface area contributed by atoms with Gasteiger partial charge in [-0.1, -0.05) is 6.07 Å². The van der Waals surface area contributed by atoms with Gasteiger partial charge in [0.15, 0.2) is 0 Å². The first-order chi connectivity index (χ1) is 19.5. The summed E-state index contributed by atoms with van der Waals surface area (Å²) in [6.45, 7) is -0.332. The number of likely N-dealkylation sites (tertiary alicyclic amines) is 1. The molecule has 1 aliphatic heterocycles. The molecule has 1 fully saturated rings. The van der Waals surface area contributed by atoms with Gasteiger partial charge in [-0.3, -0.25) is 19.6 Å². The second-order valence-electron chi connectivity index (χ2n) is 9.57. The Labute approximate surface area is 230 Å². The molecule has 0 spiro atoms. The first-order valence-electron chi connectivity index (χ1n) is 12.6. The number of rotatable bonds is 6. The van der Waals surface area contributed by atoms with E-state index in [2.05, 4.69) is 15.3 Å². The Morgan fingerprint density at radius 3 is 2.51 bits per heavy atom. The number of halogens is 5. The zero-order chi connectivity index (χ0) is 29.2. The van der Waals surface area contributed by atoms with Crippen LogP contribution in [0.2, 0.25) is 0 Å². The van der Waals surface area contributed by atoms with Crippen molar-refractivity contribution in [3.05, 3.63) is 89.6 Å². The minimum absolute atomic E-state index is 0.0940. The number of alkyl halides is 5. The van der Waals surface area contributed by atoms with E-state index in [4.69, 9.17) is 4.42 Å². The van der Waals surface area contributed by atoms with Crippen LogP contribution in [0.3, 0.4) is 0 Å². The quantitative estimate of drug-likeness (QED) is 0.223. The second kappa shape index (κ2) is 11.1. The number of hydrogen-bond acceptors (Lipinski definition) is 5. The summed E-state index contributed by atoms with van der Waals surface area (Å²) in [4.78, 5) is 34.3. The van der Waals surface area contributed by atoms with Crippen molar-refractivity contribution in [1.29, 1.82) is 0 Å². The van der Waals surface area contributed by atoms with Gasteiger partial charge in [0, 0.05) is 61.5 Å². The Kier molecular flexibility index (Phi) is 7.57. The zero-order valence-corrected chi connectivity index (χ0v) is 21.4. The number of amides is 2. The largest absolute Gasteiger partial charge is 0.459 e. The number of fused-ring (bicyclic) bond motifs is 1. The highest BCUT2D eigenvalue weighted by Gasteiger charge is 2.36. The fourth-order valence-corrected chi connectivity index (χ4v) is 4.44. The van der Waals surface area contributed by atoms with Gasteiger partial charge in [0.05, 0.1) is 23.4 Å². The van der Waals surface area contributed by atoms with E-state index in [9.17, 15) is 31.5 Å². The van der Waals surface area contributed by atoms with Crippen molar-refractivity contribution in [3.63, 3.8) is 0 Å². The normalized spacial score (nSPS) is 15.4. The lowest BCUT2D eigenvalue weighted by Crippen LogP contribution is -2.42. The Bertz CT molecular complexity index is 1590. The van der Waals surface area contributed by atoms with E-state index >= 15 is 0 Å². The Morgan fingerprint density at radius 1 is 1.07 bits per heavy atom. The van der Waals surface area contributed by atoms with Crippen molar-refractivity contribution in [2.24, 2.45) is 0 Å². The molecule has 1 aliphatic rings. The van der Waals surface area contributed by atoms with Crippen LogP contribution in [-0.2, 0) is 17.5 Å². The SMILES string of the molecule is O=C(/C=C/c1cccnc1)NCc1cc2cc(-c3ccc(C(=O)N4CCC(F)(F)CC4)cn3)cc(C(F)(F)F)c2o1. The van der Waals surface area contributed by atoms with Crippen LogP contribution in [0, 0.1) is 0 Å². The van der Waals surface area contributed by atoms with Crippen LogP contribution >= 0.6 is 0 Å². The Balaban J connectivity index is 1.34. The molecule has 212 valence electrons. The van der Waals surface area contributed by atoms with Crippen LogP contribution in [0.15, 0.2) is 71.5 Å². The third kappa shape index (κ3) is 6.59. The molecule has 1 saturated heterocycles. The number of aromatic nitrogens is 2. The van der Waals surface area contributed by atoms with Gasteiger partial charge in [-0.15, -0.1) is 0 Å². The fourth-order valence-electron chi connectivity index (χ4n) is 4.44. The third-order valence-corrected chi connectivity index (χ3v) is 6.61. The van der Waals surface area contributed by atoms with Gasteiger partial charge in [0.2, 0.25) is 5.91 Å². The number of nitrogens with one attached hydrogen (secondary N) is 1. The molecule has 1 N–H and O–H groups in total. The number of carbonyl (C=O) groups is 2. The molecule has 0 unspecified atom stereocenters. The number of piperidine rings is 1. The molecule has 7 nitrogen and oxygen atoms in total. The summed E-state index contributed by atoms with van der Waals surface area (Å²) in [6, 6.07) is 10.1. The van der Waals surface area contributed by atoms with Gasteiger partial charge >= 0.3 is 6.18 Å². The van der Waals surface area contributed by atoms with Gasteiger partial charge in [-0.2, -0.15) is 13.2 Å². The van der Waals surface area contributed by atoms with Crippen molar-refractivity contribution in [2.45, 2.75) is 31.5 Å². The minimum Gasteiger partial charge on any atom is -0.459 e. The summed E-state index contributed by atoms with van der Waals surface area (Å²) in [7, 11) is 0. The molecular weight excluding hydrogens is 547 g/mol. The van der Waals surface area contributed by atoms with E-state index < -0.39 is 42.3 Å². The van der Waals surface area contributed by atoms with E-state index in [1.165, 1.54) is 41.4 Å². The van der Waals surface area contributed by atoms with Gasteiger partial charge in [0.1, 0.15) is 11.3 Å². The predicted octanol–water partition coefficient (Wildman–Crippen LogP) is 6.11. The summed E-state index contributed by atoms with van der Waals surface area (Å²) in [5.41, 5.74) is -0.237. The topological polar surface area (TPSA) is 88.3 Å². The summed E-state index contributed by atoms with van der Waals surface area (Å²) in [6.07, 6.45) is 1.60. The van der Waals surface area contributed by atoms with Crippen LogP contribution in [-0.4, -0.2) is 45.7 Å². The molecule has 0 aliphatic carbocycles. The fraction of sp³-hybridized carbons (Fsp3) is 0.241. The third-order valence-electron chi connectivity index (χ3n) is 6.61. The molecule has 3 aromatic heterocycles. The zero-order valence-electron chi connectivity index (χ0n) is 21.4. The maximum atomic E-state index is 14.0. The molecule has 1 aromatic carbocycles. The lowest BCUT2D eigenvalue weighted by molar-refractivity contribution is -0.136. The predicted molar refractivity (Wildman–Crippen MR) is 140 cm³/mol. The van der Waals surface area contributed by atoms with Gasteiger partial charge in [-0.05, 0) is 48.0 Å². The highest BCUT2D eigenvalue weighted by Crippen LogP contribution is 2.39. The smallest absolute Gasteiger partial charge is 0.420 e. The molecule has 0 atom stereocenters. The van der Waals surface area contributed by atoms with E-state index in [0.29, 0.717) is 5.56 Å². The van der Waals surface area contributed by atoms with Gasteiger partial charge < -0.3 is 14.6 Å². The number of nitrogens with zero attached hydrogens (tertiary/aromatic N) is 3. The van der Waals surface area contributed by atoms with Crippen LogP contribution < -0.4 is 5.32 Å². The van der Waals surface area contributed by atoms with Crippen LogP contribution in [0.1, 0.15) is 40.1 Å². The average molecular weight is 571 g/mol. The first kappa shape index (κ1) is 27.9. The van der Waals surface area contributed by atoms with Crippen LogP contribution in [0.4, 0.5) is 22.0 Å². The van der Waals surface area contributed by atoms with Crippen molar-refractivity contribution in [2.75, 3.05) is 13.1 Å². The molecular formula is C29H23F5N4O3. The average Bonchev–Trinajstić information content (AvgIpc) is 3.37. The van der Waals surface area contributed by atoms with E-state index in [1.54, 1.807) is 30.6 Å². The number of benzene rings is 1. The Morgan fingerprint density at radius 2 is 1.85 bits per heavy atom. The molecule has 2 amide bonds. The van der Waals surface area contributed by atoms with Crippen LogP contribution in [0.25, 0.3) is 28.3 Å². The molecule has 12 heteroatoms. The molecule has 41 heavy (non-hydrogen) atoms. The van der Waals surface area contributed by atoms with Crippen molar-refractivity contribution < 1.29 is 36.0 Å². The molecule has 0 bridgehead atoms. The molecule has 5 rings (SSSR count). The number of hydrogen-bond donors (Lipinski definition) is 1. The maximum Gasteiger partial charge on any atom is 0.420 e. The first-order valence-corrected chi connectivity index (χ1v) is 12.6. The summed E-state index contributed by atoms with van der Waals surface area (Å²) in [5.74, 6) is -3.62. The molecule has 0 saturated carbocycles. The number of furan rings is 1. The maximum absolute atomic E-state index is 14.0. The molecule has 0 radical (unpaired) electrons. The van der Waals surface area contributed by atoms with E-state index in [1.807, 2.05) is 0 Å². The lowest BCUT2D eigenvalue weighted by Gasteiger charge is -2.31. The summed E-state index contributed by atoms with van der Waals surface area (Å²) >= 11 is 0. The van der Waals surface area contributed by atoms with Crippen molar-refractivity contribution in [1.82, 2.24) is 20.2 Å². The van der Waals surface area contributed by atoms with Gasteiger partial charge in [-0.25, -0.2) is 8.78 Å². The Hall–Kier alpha value is -4.61. The van der Waals surface area contributed by atoms with E-state index in [-0.39, 0.29) is 53.2 Å². The summed E-state index contributed by atoms with van der Waals surface area (Å²) in [5, 5.41) is 2.73. The minimum atomic E-state index is -4.74. The molecule has 4 heterocycles. The highest BCUT2D eigenvalue weighted by atomic mass is 19.4. The monoisotopic (exact) mass is 570 g/mol. The number of carbonyl (C=O) groups excluding carboxylic acids is 2. The summed E-state index contributed by atoms with van der Waals surface area (Å²) < 4.78 is 74.2. The van der Waals surface area contributed by atoms with Crippen molar-refractivity contribution >= 4 is 28.9 Å². The second-order valence-corrected chi connectivity index (χ2v) is 9.57. The standard InChI is InChI=1S/C29H23F5N4O3/c30-28(31)7-10-38(11-8-28)27(40)19-4-5-24(36-16-19)20-12-21-13-22(41-26(21)23(14-20)29(32,33)34)17-37-25(39)6-3-18-2-1-9-35-15-18/h1-6,9,12-16H,7-8,10-11,17H2,(H,37,39)/b6-3+. The van der Waals surface area contributed by atoms with Gasteiger partial charge in [0.25, 0.3) is 11.8 Å². The van der Waals surface area contributed by atoms with E-state index in [0.717, 1.165) is 6.07 Å². The molecule has 4 aromatic rings. The van der Waals surface area contributed by atoms with Crippen LogP contribution in [0.5, 0.6) is 0 Å².